The molecule has 2 aromatic carbocycles. The van der Waals surface area contributed by atoms with Crippen LogP contribution in [-0.4, -0.2) is 0 Å². The highest BCUT2D eigenvalue weighted by atomic mass is 35.5. The Bertz CT molecular complexity index is 708. The predicted molar refractivity (Wildman–Crippen MR) is 77.1 cm³/mol. The maximum Gasteiger partial charge on any atom is 0.151 e. The van der Waals surface area contributed by atoms with E-state index in [9.17, 15) is 9.65 Å². The number of nitrogens with one attached hydrogen (secondary N) is 1. The minimum atomic E-state index is -0.887. The van der Waals surface area contributed by atoms with Crippen LogP contribution < -0.4 is 5.32 Å². The van der Waals surface area contributed by atoms with E-state index in [4.69, 9.17) is 11.6 Å². The Hall–Kier alpha value is -2.05. The van der Waals surface area contributed by atoms with E-state index >= 15 is 0 Å². The normalized spacial score (nSPS) is 20.2. The molecule has 0 bridgehead atoms. The number of hydrogen-bond acceptors (Lipinski definition) is 2. The van der Waals surface area contributed by atoms with E-state index < -0.39 is 5.54 Å². The van der Waals surface area contributed by atoms with Crippen LogP contribution in [0, 0.1) is 17.1 Å². The minimum absolute atomic E-state index is 0.243. The first-order valence-corrected chi connectivity index (χ1v) is 6.75. The van der Waals surface area contributed by atoms with Gasteiger partial charge in [0.2, 0.25) is 0 Å². The average Bonchev–Trinajstić information content (AvgIpc) is 2.80. The van der Waals surface area contributed by atoms with Crippen molar-refractivity contribution < 1.29 is 4.39 Å². The van der Waals surface area contributed by atoms with Gasteiger partial charge < -0.3 is 5.32 Å². The molecule has 0 fully saturated rings. The summed E-state index contributed by atoms with van der Waals surface area (Å²) in [7, 11) is 0. The topological polar surface area (TPSA) is 35.8 Å². The first-order valence-electron chi connectivity index (χ1n) is 6.37. The smallest absolute Gasteiger partial charge is 0.151 e. The zero-order valence-electron chi connectivity index (χ0n) is 10.7. The Balaban J connectivity index is 2.04. The summed E-state index contributed by atoms with van der Waals surface area (Å²) in [5.74, 6) is -0.243. The molecule has 0 aromatic heterocycles. The number of nitriles is 1. The second-order valence-electron chi connectivity index (χ2n) is 4.92. The molecular formula is C16H12ClFN2. The van der Waals surface area contributed by atoms with E-state index in [1.165, 1.54) is 6.07 Å². The van der Waals surface area contributed by atoms with Crippen LogP contribution in [0.25, 0.3) is 0 Å². The van der Waals surface area contributed by atoms with E-state index in [1.54, 1.807) is 18.2 Å². The summed E-state index contributed by atoms with van der Waals surface area (Å²) >= 11 is 5.96. The van der Waals surface area contributed by atoms with Crippen LogP contribution >= 0.6 is 11.6 Å². The second kappa shape index (κ2) is 4.81. The molecule has 1 aliphatic rings. The van der Waals surface area contributed by atoms with Crippen molar-refractivity contribution in [3.63, 3.8) is 0 Å². The quantitative estimate of drug-likeness (QED) is 0.895. The van der Waals surface area contributed by atoms with E-state index in [-0.39, 0.29) is 5.82 Å². The number of hydrogen-bond donors (Lipinski definition) is 1. The first kappa shape index (κ1) is 13.0. The van der Waals surface area contributed by atoms with Gasteiger partial charge in [-0.05, 0) is 48.2 Å². The van der Waals surface area contributed by atoms with Gasteiger partial charge in [-0.15, -0.1) is 0 Å². The van der Waals surface area contributed by atoms with Gasteiger partial charge in [-0.2, -0.15) is 5.26 Å². The summed E-state index contributed by atoms with van der Waals surface area (Å²) in [6.45, 7) is 0. The van der Waals surface area contributed by atoms with Gasteiger partial charge in [-0.3, -0.25) is 0 Å². The van der Waals surface area contributed by atoms with Crippen molar-refractivity contribution in [3.8, 4) is 6.07 Å². The summed E-state index contributed by atoms with van der Waals surface area (Å²) in [6, 6.07) is 14.4. The molecule has 1 N–H and O–H groups in total. The Kier molecular flexibility index (Phi) is 3.11. The number of anilines is 1. The van der Waals surface area contributed by atoms with Crippen molar-refractivity contribution in [1.82, 2.24) is 0 Å². The number of nitrogens with zero attached hydrogens (tertiary/aromatic N) is 1. The second-order valence-corrected chi connectivity index (χ2v) is 5.35. The number of halogens is 2. The Morgan fingerprint density at radius 3 is 2.80 bits per heavy atom. The van der Waals surface area contributed by atoms with Gasteiger partial charge in [0.1, 0.15) is 5.82 Å². The van der Waals surface area contributed by atoms with Crippen LogP contribution in [-0.2, 0) is 12.0 Å². The molecule has 100 valence electrons. The third-order valence-corrected chi connectivity index (χ3v) is 3.94. The SMILES string of the molecule is N#CC1(Nc2cccc(Cl)c2)CCc2c(F)cccc21. The standard InChI is InChI=1S/C16H12ClFN2/c17-11-3-1-4-12(9-11)20-16(10-19)8-7-13-14(16)5-2-6-15(13)18/h1-6,9,20H,7-8H2. The van der Waals surface area contributed by atoms with Crippen molar-refractivity contribution in [2.75, 3.05) is 5.32 Å². The highest BCUT2D eigenvalue weighted by Gasteiger charge is 2.40. The van der Waals surface area contributed by atoms with Crippen molar-refractivity contribution in [3.05, 3.63) is 64.4 Å². The molecule has 1 atom stereocenters. The van der Waals surface area contributed by atoms with E-state index in [1.807, 2.05) is 18.2 Å². The molecule has 0 heterocycles. The molecule has 0 spiro atoms. The van der Waals surface area contributed by atoms with Gasteiger partial charge in [0.05, 0.1) is 6.07 Å². The van der Waals surface area contributed by atoms with Crippen molar-refractivity contribution in [2.24, 2.45) is 0 Å². The maximum absolute atomic E-state index is 13.8. The number of rotatable bonds is 2. The minimum Gasteiger partial charge on any atom is -0.364 e. The summed E-state index contributed by atoms with van der Waals surface area (Å²) in [5, 5.41) is 13.4. The molecule has 3 rings (SSSR count). The maximum atomic E-state index is 13.8. The first-order chi connectivity index (χ1) is 9.64. The van der Waals surface area contributed by atoms with Gasteiger partial charge in [0.25, 0.3) is 0 Å². The highest BCUT2D eigenvalue weighted by molar-refractivity contribution is 6.30. The molecular weight excluding hydrogens is 275 g/mol. The zero-order chi connectivity index (χ0) is 14.2. The fraction of sp³-hybridized carbons (Fsp3) is 0.188. The monoisotopic (exact) mass is 286 g/mol. The summed E-state index contributed by atoms with van der Waals surface area (Å²) < 4.78 is 13.8. The Morgan fingerprint density at radius 1 is 1.25 bits per heavy atom. The average molecular weight is 287 g/mol. The van der Waals surface area contributed by atoms with Crippen LogP contribution in [0.3, 0.4) is 0 Å². The van der Waals surface area contributed by atoms with Crippen LogP contribution in [0.5, 0.6) is 0 Å². The Morgan fingerprint density at radius 2 is 2.05 bits per heavy atom. The van der Waals surface area contributed by atoms with E-state index in [0.717, 1.165) is 11.3 Å². The molecule has 2 aromatic rings. The van der Waals surface area contributed by atoms with Crippen LogP contribution in [0.15, 0.2) is 42.5 Å². The summed E-state index contributed by atoms with van der Waals surface area (Å²) in [5.41, 5.74) is 1.22. The van der Waals surface area contributed by atoms with Crippen molar-refractivity contribution >= 4 is 17.3 Å². The van der Waals surface area contributed by atoms with Gasteiger partial charge >= 0.3 is 0 Å². The lowest BCUT2D eigenvalue weighted by atomic mass is 9.93. The van der Waals surface area contributed by atoms with Crippen LogP contribution in [0.4, 0.5) is 10.1 Å². The lowest BCUT2D eigenvalue weighted by Crippen LogP contribution is -2.31. The van der Waals surface area contributed by atoms with Gasteiger partial charge in [-0.1, -0.05) is 29.8 Å². The summed E-state index contributed by atoms with van der Waals surface area (Å²) in [4.78, 5) is 0. The number of benzene rings is 2. The fourth-order valence-electron chi connectivity index (χ4n) is 2.75. The lowest BCUT2D eigenvalue weighted by molar-refractivity contribution is 0.609. The summed E-state index contributed by atoms with van der Waals surface area (Å²) in [6.07, 6.45) is 1.11. The third-order valence-electron chi connectivity index (χ3n) is 3.70. The molecule has 1 aliphatic carbocycles. The number of fused-ring (bicyclic) bond motifs is 1. The van der Waals surface area contributed by atoms with Crippen molar-refractivity contribution in [2.45, 2.75) is 18.4 Å². The van der Waals surface area contributed by atoms with Crippen LogP contribution in [0.2, 0.25) is 5.02 Å². The Labute approximate surface area is 121 Å². The zero-order valence-corrected chi connectivity index (χ0v) is 11.4. The van der Waals surface area contributed by atoms with Gasteiger partial charge in [0, 0.05) is 10.7 Å². The molecule has 4 heteroatoms. The molecule has 0 amide bonds. The highest BCUT2D eigenvalue weighted by Crippen LogP contribution is 2.40. The molecule has 0 aliphatic heterocycles. The van der Waals surface area contributed by atoms with Crippen LogP contribution in [0.1, 0.15) is 17.5 Å². The molecule has 1 unspecified atom stereocenters. The molecule has 2 nitrogen and oxygen atoms in total. The lowest BCUT2D eigenvalue weighted by Gasteiger charge is -2.25. The molecule has 0 saturated heterocycles. The molecule has 0 radical (unpaired) electrons. The predicted octanol–water partition coefficient (Wildman–Crippen LogP) is 4.26. The molecule has 20 heavy (non-hydrogen) atoms. The third kappa shape index (κ3) is 2.03. The fourth-order valence-corrected chi connectivity index (χ4v) is 2.94. The van der Waals surface area contributed by atoms with Gasteiger partial charge in [-0.25, -0.2) is 4.39 Å². The molecule has 0 saturated carbocycles. The van der Waals surface area contributed by atoms with E-state index in [0.29, 0.717) is 23.4 Å². The van der Waals surface area contributed by atoms with Crippen molar-refractivity contribution in [1.29, 1.82) is 5.26 Å². The van der Waals surface area contributed by atoms with E-state index in [2.05, 4.69) is 11.4 Å². The van der Waals surface area contributed by atoms with Gasteiger partial charge in [0.15, 0.2) is 5.54 Å². The largest absolute Gasteiger partial charge is 0.364 e.